The number of esters is 2. The Morgan fingerprint density at radius 3 is 1.00 bits per heavy atom. The lowest BCUT2D eigenvalue weighted by atomic mass is 10.1. The Hall–Kier alpha value is -5.24. The molecule has 0 heterocycles. The number of rotatable bonds is 34. The van der Waals surface area contributed by atoms with Crippen LogP contribution in [0.25, 0.3) is 10.8 Å². The quantitative estimate of drug-likeness (QED) is 0.0199. The minimum absolute atomic E-state index is 0.379. The van der Waals surface area contributed by atoms with E-state index in [4.69, 9.17) is 28.4 Å². The Morgan fingerprint density at radius 2 is 0.683 bits per heavy atom. The molecule has 4 aromatic carbocycles. The summed E-state index contributed by atoms with van der Waals surface area (Å²) in [5, 5.41) is 1.32. The van der Waals surface area contributed by atoms with Gasteiger partial charge in [0.05, 0.1) is 50.1 Å². The van der Waals surface area contributed by atoms with E-state index in [0.29, 0.717) is 46.6 Å². The predicted octanol–water partition coefficient (Wildman–Crippen LogP) is 14.2. The minimum Gasteiger partial charge on any atom is -0.502 e. The monoisotopic (exact) mass is 820 g/mol. The van der Waals surface area contributed by atoms with Gasteiger partial charge in [-0.1, -0.05) is 140 Å². The van der Waals surface area contributed by atoms with Crippen molar-refractivity contribution >= 4 is 22.7 Å². The third kappa shape index (κ3) is 18.8. The molecule has 0 aliphatic carbocycles. The molecule has 0 radical (unpaired) electrons. The van der Waals surface area contributed by atoms with Crippen LogP contribution in [0.2, 0.25) is 0 Å². The van der Waals surface area contributed by atoms with Crippen LogP contribution in [0.4, 0.5) is 0 Å². The van der Waals surface area contributed by atoms with Gasteiger partial charge in [-0.15, -0.1) is 0 Å². The number of ether oxygens (including phenoxy) is 6. The topological polar surface area (TPSA) is 89.5 Å². The standard InChI is InChI=1S/C52H68O8/c1-3-55-39-21-17-13-9-5-7-11-15-19-23-41-57-45-35-31-43(32-36-45)51(53)59-49-29-25-28-48-47(49)27-26-30-50(48)60-52(54)44-33-37-46(38-34-44)58-42-24-20-16-12-8-6-10-14-18-22-40-56-4-2/h3-4,25-38H,1-2,5-24,39-42H2. The number of unbranched alkanes of at least 4 members (excludes halogenated alkanes) is 18. The largest absolute Gasteiger partial charge is 0.502 e. The molecular formula is C52H68O8. The van der Waals surface area contributed by atoms with Gasteiger partial charge in [0.2, 0.25) is 0 Å². The molecule has 4 rings (SSSR count). The maximum Gasteiger partial charge on any atom is 0.343 e. The Morgan fingerprint density at radius 1 is 0.383 bits per heavy atom. The van der Waals surface area contributed by atoms with Crippen molar-refractivity contribution in [2.24, 2.45) is 0 Å². The molecule has 0 unspecified atom stereocenters. The Bertz CT molecular complexity index is 1670. The van der Waals surface area contributed by atoms with Gasteiger partial charge in [-0.3, -0.25) is 0 Å². The first-order chi connectivity index (χ1) is 29.6. The summed E-state index contributed by atoms with van der Waals surface area (Å²) in [5.41, 5.74) is 0.831. The summed E-state index contributed by atoms with van der Waals surface area (Å²) in [5.74, 6) is 1.25. The van der Waals surface area contributed by atoms with Crippen LogP contribution in [-0.2, 0) is 9.47 Å². The van der Waals surface area contributed by atoms with E-state index in [1.807, 2.05) is 12.1 Å². The number of fused-ring (bicyclic) bond motifs is 1. The van der Waals surface area contributed by atoms with E-state index >= 15 is 0 Å². The fourth-order valence-electron chi connectivity index (χ4n) is 7.07. The summed E-state index contributed by atoms with van der Waals surface area (Å²) in [6.07, 6.45) is 27.3. The third-order valence-corrected chi connectivity index (χ3v) is 10.5. The van der Waals surface area contributed by atoms with E-state index in [0.717, 1.165) is 63.2 Å². The van der Waals surface area contributed by atoms with Crippen molar-refractivity contribution < 1.29 is 38.0 Å². The molecule has 0 saturated carbocycles. The molecule has 0 aromatic heterocycles. The van der Waals surface area contributed by atoms with Gasteiger partial charge >= 0.3 is 11.9 Å². The Labute approximate surface area is 359 Å². The molecule has 0 saturated heterocycles. The Kier molecular flexibility index (Phi) is 23.6. The zero-order valence-corrected chi connectivity index (χ0v) is 35.9. The van der Waals surface area contributed by atoms with Crippen LogP contribution in [0.3, 0.4) is 0 Å². The van der Waals surface area contributed by atoms with Gasteiger partial charge < -0.3 is 28.4 Å². The molecule has 4 aromatic rings. The van der Waals surface area contributed by atoms with Crippen LogP contribution < -0.4 is 18.9 Å². The smallest absolute Gasteiger partial charge is 0.343 e. The highest BCUT2D eigenvalue weighted by atomic mass is 16.5. The van der Waals surface area contributed by atoms with Gasteiger partial charge in [-0.05, 0) is 86.3 Å². The zero-order chi connectivity index (χ0) is 42.3. The second-order valence-electron chi connectivity index (χ2n) is 15.3. The lowest BCUT2D eigenvalue weighted by Crippen LogP contribution is -2.10. The molecule has 0 spiro atoms. The minimum atomic E-state index is -0.482. The van der Waals surface area contributed by atoms with Gasteiger partial charge in [0.1, 0.15) is 23.0 Å². The van der Waals surface area contributed by atoms with Crippen LogP contribution in [0.15, 0.2) is 111 Å². The third-order valence-electron chi connectivity index (χ3n) is 10.5. The summed E-state index contributed by atoms with van der Waals surface area (Å²) in [4.78, 5) is 26.3. The molecule has 0 fully saturated rings. The lowest BCUT2D eigenvalue weighted by molar-refractivity contribution is 0.0725. The summed E-state index contributed by atoms with van der Waals surface area (Å²) < 4.78 is 33.9. The molecule has 0 aliphatic rings. The molecule has 324 valence electrons. The van der Waals surface area contributed by atoms with E-state index in [1.165, 1.54) is 102 Å². The molecule has 0 bridgehead atoms. The molecule has 8 nitrogen and oxygen atoms in total. The van der Waals surface area contributed by atoms with Gasteiger partial charge in [-0.2, -0.15) is 0 Å². The molecule has 0 aliphatic heterocycles. The maximum absolute atomic E-state index is 13.2. The number of carbonyl (C=O) groups excluding carboxylic acids is 2. The highest BCUT2D eigenvalue weighted by molar-refractivity contribution is 5.99. The SMILES string of the molecule is C=COCCCCCCCCCCCCOc1ccc(C(=O)Oc2cccc3c(OC(=O)c4ccc(OCCCCCCCCCCCCOC=C)cc4)cccc23)cc1. The first-order valence-corrected chi connectivity index (χ1v) is 22.5. The fourth-order valence-corrected chi connectivity index (χ4v) is 7.07. The van der Waals surface area contributed by atoms with Crippen molar-refractivity contribution in [1.29, 1.82) is 0 Å². The van der Waals surface area contributed by atoms with Crippen LogP contribution >= 0.6 is 0 Å². The predicted molar refractivity (Wildman–Crippen MR) is 242 cm³/mol. The van der Waals surface area contributed by atoms with Crippen molar-refractivity contribution in [3.8, 4) is 23.0 Å². The highest BCUT2D eigenvalue weighted by Crippen LogP contribution is 2.33. The maximum atomic E-state index is 13.2. The molecule has 8 heteroatoms. The second-order valence-corrected chi connectivity index (χ2v) is 15.3. The van der Waals surface area contributed by atoms with E-state index in [-0.39, 0.29) is 0 Å². The van der Waals surface area contributed by atoms with Crippen molar-refractivity contribution in [2.75, 3.05) is 26.4 Å². The average molecular weight is 821 g/mol. The van der Waals surface area contributed by atoms with Gasteiger partial charge in [0.15, 0.2) is 0 Å². The van der Waals surface area contributed by atoms with E-state index in [9.17, 15) is 9.59 Å². The first kappa shape index (κ1) is 47.4. The summed E-state index contributed by atoms with van der Waals surface area (Å²) in [7, 11) is 0. The van der Waals surface area contributed by atoms with Crippen molar-refractivity contribution in [1.82, 2.24) is 0 Å². The van der Waals surface area contributed by atoms with Crippen molar-refractivity contribution in [3.05, 3.63) is 122 Å². The van der Waals surface area contributed by atoms with Crippen LogP contribution in [0, 0.1) is 0 Å². The first-order valence-electron chi connectivity index (χ1n) is 22.5. The van der Waals surface area contributed by atoms with Crippen molar-refractivity contribution in [2.45, 2.75) is 128 Å². The van der Waals surface area contributed by atoms with Crippen LogP contribution in [-0.4, -0.2) is 38.4 Å². The summed E-state index contributed by atoms with van der Waals surface area (Å²) in [6, 6.07) is 24.8. The summed E-state index contributed by atoms with van der Waals surface area (Å²) >= 11 is 0. The van der Waals surface area contributed by atoms with E-state index in [1.54, 1.807) is 72.8 Å². The molecule has 60 heavy (non-hydrogen) atoms. The zero-order valence-electron chi connectivity index (χ0n) is 35.9. The number of carbonyl (C=O) groups is 2. The molecular weight excluding hydrogens is 753 g/mol. The average Bonchev–Trinajstić information content (AvgIpc) is 3.27. The summed E-state index contributed by atoms with van der Waals surface area (Å²) in [6.45, 7) is 9.99. The normalized spacial score (nSPS) is 10.9. The molecule has 0 amide bonds. The second kappa shape index (κ2) is 29.9. The van der Waals surface area contributed by atoms with Gasteiger partial charge in [0, 0.05) is 10.8 Å². The van der Waals surface area contributed by atoms with E-state index in [2.05, 4.69) is 13.2 Å². The van der Waals surface area contributed by atoms with Gasteiger partial charge in [0.25, 0.3) is 0 Å². The molecule has 0 atom stereocenters. The van der Waals surface area contributed by atoms with Crippen molar-refractivity contribution in [3.63, 3.8) is 0 Å². The Balaban J connectivity index is 1.11. The van der Waals surface area contributed by atoms with Crippen LogP contribution in [0.1, 0.15) is 149 Å². The fraction of sp³-hybridized carbons (Fsp3) is 0.462. The van der Waals surface area contributed by atoms with E-state index < -0.39 is 11.9 Å². The molecule has 0 N–H and O–H groups in total. The number of hydrogen-bond donors (Lipinski definition) is 0. The highest BCUT2D eigenvalue weighted by Gasteiger charge is 2.16. The van der Waals surface area contributed by atoms with Gasteiger partial charge in [-0.25, -0.2) is 9.59 Å². The lowest BCUT2D eigenvalue weighted by Gasteiger charge is -2.12. The number of hydrogen-bond acceptors (Lipinski definition) is 8. The number of benzene rings is 4. The van der Waals surface area contributed by atoms with Crippen LogP contribution in [0.5, 0.6) is 23.0 Å².